The van der Waals surface area contributed by atoms with Crippen molar-refractivity contribution in [1.29, 1.82) is 0 Å². The van der Waals surface area contributed by atoms with Gasteiger partial charge in [0, 0.05) is 12.6 Å². The number of nitrogens with zero attached hydrogens (tertiary/aromatic N) is 4. The molecular formula is C13H11N5O. The molecule has 1 aromatic carbocycles. The lowest BCUT2D eigenvalue weighted by Gasteiger charge is -2.03. The number of aromatic amines is 1. The fraction of sp³-hybridized carbons (Fsp3) is 0.0769. The number of H-pyrrole nitrogens is 1. The first-order chi connectivity index (χ1) is 9.27. The molecule has 0 bridgehead atoms. The van der Waals surface area contributed by atoms with Gasteiger partial charge in [-0.1, -0.05) is 30.3 Å². The molecule has 0 radical (unpaired) electrons. The summed E-state index contributed by atoms with van der Waals surface area (Å²) >= 11 is 0. The van der Waals surface area contributed by atoms with Gasteiger partial charge >= 0.3 is 0 Å². The van der Waals surface area contributed by atoms with Crippen molar-refractivity contribution in [2.24, 2.45) is 7.05 Å². The standard InChI is InChI=1S/C13H11N5O/c1-18-11(10-7-15-17-16-10)8-14-13(18)12(19)9-5-3-2-4-6-9/h2-8H,1H3,(H,15,16,17). The van der Waals surface area contributed by atoms with Gasteiger partial charge in [-0.3, -0.25) is 4.79 Å². The van der Waals surface area contributed by atoms with Crippen LogP contribution >= 0.6 is 0 Å². The highest BCUT2D eigenvalue weighted by molar-refractivity contribution is 6.07. The largest absolute Gasteiger partial charge is 0.323 e. The number of ketones is 1. The zero-order chi connectivity index (χ0) is 13.2. The van der Waals surface area contributed by atoms with Gasteiger partial charge in [0.2, 0.25) is 5.78 Å². The molecule has 0 aliphatic heterocycles. The molecule has 6 nitrogen and oxygen atoms in total. The summed E-state index contributed by atoms with van der Waals surface area (Å²) in [6.45, 7) is 0. The van der Waals surface area contributed by atoms with Crippen LogP contribution in [0.15, 0.2) is 42.7 Å². The van der Waals surface area contributed by atoms with E-state index in [2.05, 4.69) is 20.4 Å². The Balaban J connectivity index is 2.02. The van der Waals surface area contributed by atoms with E-state index in [1.807, 2.05) is 18.2 Å². The Bertz CT molecular complexity index is 700. The van der Waals surface area contributed by atoms with Crippen LogP contribution in [0.4, 0.5) is 0 Å². The quantitative estimate of drug-likeness (QED) is 0.716. The molecule has 0 fully saturated rings. The topological polar surface area (TPSA) is 76.5 Å². The van der Waals surface area contributed by atoms with Gasteiger partial charge in [-0.05, 0) is 0 Å². The van der Waals surface area contributed by atoms with Gasteiger partial charge in [0.15, 0.2) is 5.82 Å². The Morgan fingerprint density at radius 3 is 2.68 bits per heavy atom. The van der Waals surface area contributed by atoms with Crippen LogP contribution in [-0.4, -0.2) is 30.7 Å². The number of benzene rings is 1. The molecule has 0 spiro atoms. The maximum absolute atomic E-state index is 12.3. The molecule has 2 heterocycles. The van der Waals surface area contributed by atoms with Crippen molar-refractivity contribution in [2.45, 2.75) is 0 Å². The van der Waals surface area contributed by atoms with E-state index in [4.69, 9.17) is 0 Å². The van der Waals surface area contributed by atoms with Crippen LogP contribution < -0.4 is 0 Å². The first kappa shape index (κ1) is 11.3. The molecule has 0 atom stereocenters. The van der Waals surface area contributed by atoms with E-state index in [0.717, 1.165) is 5.69 Å². The fourth-order valence-electron chi connectivity index (χ4n) is 1.90. The van der Waals surface area contributed by atoms with Crippen LogP contribution in [0.2, 0.25) is 0 Å². The van der Waals surface area contributed by atoms with E-state index in [0.29, 0.717) is 17.1 Å². The second-order valence-corrected chi connectivity index (χ2v) is 4.08. The highest BCUT2D eigenvalue weighted by atomic mass is 16.1. The number of carbonyl (C=O) groups excluding carboxylic acids is 1. The van der Waals surface area contributed by atoms with Gasteiger partial charge in [0.1, 0.15) is 5.69 Å². The molecule has 2 aromatic heterocycles. The van der Waals surface area contributed by atoms with Crippen LogP contribution in [0.25, 0.3) is 11.4 Å². The number of hydrogen-bond donors (Lipinski definition) is 1. The lowest BCUT2D eigenvalue weighted by molar-refractivity contribution is 0.102. The first-order valence-electron chi connectivity index (χ1n) is 5.75. The second kappa shape index (κ2) is 4.49. The number of aromatic nitrogens is 5. The molecule has 0 unspecified atom stereocenters. The van der Waals surface area contributed by atoms with Gasteiger partial charge in [0.25, 0.3) is 0 Å². The highest BCUT2D eigenvalue weighted by Crippen LogP contribution is 2.17. The molecule has 0 saturated heterocycles. The molecule has 0 saturated carbocycles. The summed E-state index contributed by atoms with van der Waals surface area (Å²) in [5, 5.41) is 10.3. The van der Waals surface area contributed by atoms with Crippen LogP contribution in [0.3, 0.4) is 0 Å². The molecule has 0 aliphatic carbocycles. The number of nitrogens with one attached hydrogen (secondary N) is 1. The van der Waals surface area contributed by atoms with Crippen LogP contribution in [0, 0.1) is 0 Å². The summed E-state index contributed by atoms with van der Waals surface area (Å²) < 4.78 is 1.72. The number of rotatable bonds is 3. The minimum atomic E-state index is -0.113. The molecule has 19 heavy (non-hydrogen) atoms. The van der Waals surface area contributed by atoms with Gasteiger partial charge < -0.3 is 4.57 Å². The van der Waals surface area contributed by atoms with Crippen molar-refractivity contribution in [3.8, 4) is 11.4 Å². The monoisotopic (exact) mass is 253 g/mol. The molecule has 0 amide bonds. The van der Waals surface area contributed by atoms with Crippen molar-refractivity contribution in [3.63, 3.8) is 0 Å². The zero-order valence-corrected chi connectivity index (χ0v) is 10.2. The van der Waals surface area contributed by atoms with E-state index in [-0.39, 0.29) is 5.78 Å². The summed E-state index contributed by atoms with van der Waals surface area (Å²) in [4.78, 5) is 16.5. The zero-order valence-electron chi connectivity index (χ0n) is 10.2. The average molecular weight is 253 g/mol. The summed E-state index contributed by atoms with van der Waals surface area (Å²) in [5.74, 6) is 0.266. The molecule has 6 heteroatoms. The van der Waals surface area contributed by atoms with E-state index in [1.54, 1.807) is 36.1 Å². The lowest BCUT2D eigenvalue weighted by atomic mass is 10.1. The Hall–Kier alpha value is -2.76. The lowest BCUT2D eigenvalue weighted by Crippen LogP contribution is -2.09. The summed E-state index contributed by atoms with van der Waals surface area (Å²) in [6.07, 6.45) is 3.21. The van der Waals surface area contributed by atoms with Gasteiger partial charge in [-0.15, -0.1) is 0 Å². The van der Waals surface area contributed by atoms with Crippen molar-refractivity contribution in [1.82, 2.24) is 25.0 Å². The van der Waals surface area contributed by atoms with Crippen molar-refractivity contribution >= 4 is 5.78 Å². The molecule has 0 aliphatic rings. The predicted molar refractivity (Wildman–Crippen MR) is 68.5 cm³/mol. The Morgan fingerprint density at radius 1 is 1.21 bits per heavy atom. The van der Waals surface area contributed by atoms with E-state index in [9.17, 15) is 4.79 Å². The van der Waals surface area contributed by atoms with Crippen molar-refractivity contribution in [3.05, 3.63) is 54.1 Å². The first-order valence-corrected chi connectivity index (χ1v) is 5.75. The van der Waals surface area contributed by atoms with E-state index >= 15 is 0 Å². The van der Waals surface area contributed by atoms with Crippen molar-refractivity contribution < 1.29 is 4.79 Å². The number of hydrogen-bond acceptors (Lipinski definition) is 4. The molecule has 3 aromatic rings. The molecule has 94 valence electrons. The third kappa shape index (κ3) is 1.93. The van der Waals surface area contributed by atoms with E-state index < -0.39 is 0 Å². The van der Waals surface area contributed by atoms with E-state index in [1.165, 1.54) is 0 Å². The van der Waals surface area contributed by atoms with Gasteiger partial charge in [-0.2, -0.15) is 15.4 Å². The van der Waals surface area contributed by atoms with Crippen LogP contribution in [-0.2, 0) is 7.05 Å². The average Bonchev–Trinajstić information content (AvgIpc) is 3.08. The third-order valence-electron chi connectivity index (χ3n) is 2.90. The summed E-state index contributed by atoms with van der Waals surface area (Å²) in [5.41, 5.74) is 2.01. The summed E-state index contributed by atoms with van der Waals surface area (Å²) in [7, 11) is 1.78. The Morgan fingerprint density at radius 2 is 2.00 bits per heavy atom. The SMILES string of the molecule is Cn1c(-c2cn[nH]n2)cnc1C(=O)c1ccccc1. The Labute approximate surface area is 109 Å². The molecule has 1 N–H and O–H groups in total. The normalized spacial score (nSPS) is 10.6. The van der Waals surface area contributed by atoms with Crippen LogP contribution in [0.5, 0.6) is 0 Å². The smallest absolute Gasteiger partial charge is 0.228 e. The van der Waals surface area contributed by atoms with Crippen LogP contribution in [0.1, 0.15) is 16.2 Å². The minimum Gasteiger partial charge on any atom is -0.323 e. The number of carbonyl (C=O) groups is 1. The second-order valence-electron chi connectivity index (χ2n) is 4.08. The maximum atomic E-state index is 12.3. The summed E-state index contributed by atoms with van der Waals surface area (Å²) in [6, 6.07) is 9.07. The number of imidazole rings is 1. The fourth-order valence-corrected chi connectivity index (χ4v) is 1.90. The molecule has 3 rings (SSSR count). The van der Waals surface area contributed by atoms with Crippen molar-refractivity contribution in [2.75, 3.05) is 0 Å². The third-order valence-corrected chi connectivity index (χ3v) is 2.90. The minimum absolute atomic E-state index is 0.113. The predicted octanol–water partition coefficient (Wildman–Crippen LogP) is 1.44. The van der Waals surface area contributed by atoms with Gasteiger partial charge in [-0.25, -0.2) is 4.98 Å². The molecular weight excluding hydrogens is 242 g/mol. The van der Waals surface area contributed by atoms with Gasteiger partial charge in [0.05, 0.1) is 18.1 Å². The highest BCUT2D eigenvalue weighted by Gasteiger charge is 2.17. The Kier molecular flexibility index (Phi) is 2.68. The maximum Gasteiger partial charge on any atom is 0.228 e.